The fraction of sp³-hybridized carbons (Fsp3) is 0.625. The van der Waals surface area contributed by atoms with Gasteiger partial charge in [-0.3, -0.25) is 4.90 Å². The van der Waals surface area contributed by atoms with E-state index in [1.54, 1.807) is 0 Å². The zero-order chi connectivity index (χ0) is 15.0. The second-order valence-corrected chi connectivity index (χ2v) is 6.01. The Balaban J connectivity index is 2.92. The van der Waals surface area contributed by atoms with Crippen molar-refractivity contribution >= 4 is 15.9 Å². The molecule has 0 amide bonds. The average Bonchev–Trinajstić information content (AvgIpc) is 2.43. The zero-order valence-corrected chi connectivity index (χ0v) is 14.1. The number of halogens is 2. The van der Waals surface area contributed by atoms with Gasteiger partial charge in [0.15, 0.2) is 0 Å². The molecule has 0 saturated heterocycles. The van der Waals surface area contributed by atoms with Gasteiger partial charge < -0.3 is 5.73 Å². The van der Waals surface area contributed by atoms with Crippen LogP contribution in [0.3, 0.4) is 0 Å². The summed E-state index contributed by atoms with van der Waals surface area (Å²) in [6, 6.07) is 5.04. The molecule has 0 aromatic heterocycles. The first-order valence-corrected chi connectivity index (χ1v) is 8.32. The average molecular weight is 345 g/mol. The van der Waals surface area contributed by atoms with Crippen LogP contribution in [0, 0.1) is 5.82 Å². The van der Waals surface area contributed by atoms with Crippen LogP contribution in [0.2, 0.25) is 0 Å². The summed E-state index contributed by atoms with van der Waals surface area (Å²) < 4.78 is 14.1. The SMILES string of the molecule is CCCCN(CCCC)C(CN)c1ccc(F)cc1Br. The van der Waals surface area contributed by atoms with Crippen molar-refractivity contribution in [3.05, 3.63) is 34.1 Å². The van der Waals surface area contributed by atoms with Gasteiger partial charge >= 0.3 is 0 Å². The van der Waals surface area contributed by atoms with Crippen molar-refractivity contribution in [3.8, 4) is 0 Å². The Morgan fingerprint density at radius 2 is 1.80 bits per heavy atom. The predicted octanol–water partition coefficient (Wildman–Crippen LogP) is 4.49. The molecule has 0 aliphatic carbocycles. The van der Waals surface area contributed by atoms with Gasteiger partial charge in [0.05, 0.1) is 0 Å². The summed E-state index contributed by atoms with van der Waals surface area (Å²) >= 11 is 3.47. The molecule has 1 unspecified atom stereocenters. The lowest BCUT2D eigenvalue weighted by Gasteiger charge is -2.32. The number of unbranched alkanes of at least 4 members (excludes halogenated alkanes) is 2. The lowest BCUT2D eigenvalue weighted by atomic mass is 10.0. The number of benzene rings is 1. The van der Waals surface area contributed by atoms with Gasteiger partial charge in [0, 0.05) is 17.1 Å². The normalized spacial score (nSPS) is 12.9. The lowest BCUT2D eigenvalue weighted by molar-refractivity contribution is 0.195. The fourth-order valence-electron chi connectivity index (χ4n) is 2.39. The Labute approximate surface area is 130 Å². The van der Waals surface area contributed by atoms with Crippen molar-refractivity contribution in [1.29, 1.82) is 0 Å². The van der Waals surface area contributed by atoms with E-state index in [2.05, 4.69) is 34.7 Å². The zero-order valence-electron chi connectivity index (χ0n) is 12.5. The molecule has 1 atom stereocenters. The Bertz CT molecular complexity index is 390. The van der Waals surface area contributed by atoms with Crippen molar-refractivity contribution < 1.29 is 4.39 Å². The summed E-state index contributed by atoms with van der Waals surface area (Å²) in [7, 11) is 0. The van der Waals surface area contributed by atoms with Gasteiger partial charge in [-0.25, -0.2) is 4.39 Å². The second kappa shape index (κ2) is 9.48. The minimum absolute atomic E-state index is 0.156. The molecule has 2 N–H and O–H groups in total. The van der Waals surface area contributed by atoms with Gasteiger partial charge in [-0.05, 0) is 43.6 Å². The van der Waals surface area contributed by atoms with Crippen molar-refractivity contribution in [2.75, 3.05) is 19.6 Å². The van der Waals surface area contributed by atoms with Gasteiger partial charge in [-0.1, -0.05) is 48.7 Å². The molecule has 114 valence electrons. The molecular formula is C16H26BrFN2. The van der Waals surface area contributed by atoms with Crippen LogP contribution in [0.1, 0.15) is 51.1 Å². The molecular weight excluding hydrogens is 319 g/mol. The number of nitrogens with two attached hydrogens (primary N) is 1. The van der Waals surface area contributed by atoms with E-state index >= 15 is 0 Å². The Hall–Kier alpha value is -0.450. The number of nitrogens with zero attached hydrogens (tertiary/aromatic N) is 1. The molecule has 0 spiro atoms. The molecule has 2 nitrogen and oxygen atoms in total. The van der Waals surface area contributed by atoms with Crippen LogP contribution in [-0.2, 0) is 0 Å². The summed E-state index contributed by atoms with van der Waals surface area (Å²) in [6.45, 7) is 7.04. The second-order valence-electron chi connectivity index (χ2n) is 5.16. The molecule has 0 aliphatic rings. The van der Waals surface area contributed by atoms with Gasteiger partial charge in [0.2, 0.25) is 0 Å². The van der Waals surface area contributed by atoms with Crippen molar-refractivity contribution in [2.45, 2.75) is 45.6 Å². The Kier molecular flexibility index (Phi) is 8.34. The van der Waals surface area contributed by atoms with Crippen LogP contribution in [0.25, 0.3) is 0 Å². The quantitative estimate of drug-likeness (QED) is 0.714. The van der Waals surface area contributed by atoms with Crippen LogP contribution in [0.4, 0.5) is 4.39 Å². The highest BCUT2D eigenvalue weighted by atomic mass is 79.9. The lowest BCUT2D eigenvalue weighted by Crippen LogP contribution is -2.35. The largest absolute Gasteiger partial charge is 0.329 e. The molecule has 0 saturated carbocycles. The highest BCUT2D eigenvalue weighted by molar-refractivity contribution is 9.10. The summed E-state index contributed by atoms with van der Waals surface area (Å²) in [5, 5.41) is 0. The van der Waals surface area contributed by atoms with Crippen molar-refractivity contribution in [1.82, 2.24) is 4.90 Å². The third-order valence-electron chi connectivity index (χ3n) is 3.58. The number of hydrogen-bond donors (Lipinski definition) is 1. The predicted molar refractivity (Wildman–Crippen MR) is 87.3 cm³/mol. The molecule has 0 heterocycles. The van der Waals surface area contributed by atoms with Crippen molar-refractivity contribution in [3.63, 3.8) is 0 Å². The van der Waals surface area contributed by atoms with Crippen LogP contribution in [0.5, 0.6) is 0 Å². The Morgan fingerprint density at radius 3 is 2.25 bits per heavy atom. The first-order valence-electron chi connectivity index (χ1n) is 7.53. The van der Waals surface area contributed by atoms with E-state index in [-0.39, 0.29) is 11.9 Å². The van der Waals surface area contributed by atoms with E-state index < -0.39 is 0 Å². The van der Waals surface area contributed by atoms with Crippen LogP contribution in [0.15, 0.2) is 22.7 Å². The summed E-state index contributed by atoms with van der Waals surface area (Å²) in [5.74, 6) is -0.218. The highest BCUT2D eigenvalue weighted by Gasteiger charge is 2.20. The molecule has 1 aromatic carbocycles. The third-order valence-corrected chi connectivity index (χ3v) is 4.27. The van der Waals surface area contributed by atoms with Crippen LogP contribution >= 0.6 is 15.9 Å². The standard InChI is InChI=1S/C16H26BrFN2/c1-3-5-9-20(10-6-4-2)16(12-19)14-8-7-13(18)11-15(14)17/h7-8,11,16H,3-6,9-10,12,19H2,1-2H3. The molecule has 0 radical (unpaired) electrons. The van der Waals surface area contributed by atoms with E-state index in [0.29, 0.717) is 6.54 Å². The molecule has 4 heteroatoms. The maximum absolute atomic E-state index is 13.2. The fourth-order valence-corrected chi connectivity index (χ4v) is 3.01. The monoisotopic (exact) mass is 344 g/mol. The molecule has 1 rings (SSSR count). The summed E-state index contributed by atoms with van der Waals surface area (Å²) in [5.41, 5.74) is 7.08. The molecule has 0 aliphatic heterocycles. The van der Waals surface area contributed by atoms with Crippen molar-refractivity contribution in [2.24, 2.45) is 5.73 Å². The van der Waals surface area contributed by atoms with Gasteiger partial charge in [-0.15, -0.1) is 0 Å². The smallest absolute Gasteiger partial charge is 0.124 e. The minimum Gasteiger partial charge on any atom is -0.329 e. The van der Waals surface area contributed by atoms with E-state index in [4.69, 9.17) is 5.73 Å². The third kappa shape index (κ3) is 5.15. The first-order chi connectivity index (χ1) is 9.63. The van der Waals surface area contributed by atoms with Gasteiger partial charge in [0.1, 0.15) is 5.82 Å². The number of rotatable bonds is 9. The van der Waals surface area contributed by atoms with E-state index in [1.807, 2.05) is 6.07 Å². The topological polar surface area (TPSA) is 29.3 Å². The van der Waals surface area contributed by atoms with E-state index in [0.717, 1.165) is 23.1 Å². The van der Waals surface area contributed by atoms with Gasteiger partial charge in [-0.2, -0.15) is 0 Å². The Morgan fingerprint density at radius 1 is 1.20 bits per heavy atom. The molecule has 0 fully saturated rings. The highest BCUT2D eigenvalue weighted by Crippen LogP contribution is 2.28. The first kappa shape index (κ1) is 17.6. The van der Waals surface area contributed by atoms with Gasteiger partial charge in [0.25, 0.3) is 0 Å². The number of hydrogen-bond acceptors (Lipinski definition) is 2. The molecule has 0 bridgehead atoms. The maximum Gasteiger partial charge on any atom is 0.124 e. The van der Waals surface area contributed by atoms with Crippen LogP contribution in [-0.4, -0.2) is 24.5 Å². The van der Waals surface area contributed by atoms with E-state index in [9.17, 15) is 4.39 Å². The summed E-state index contributed by atoms with van der Waals surface area (Å²) in [6.07, 6.45) is 4.67. The maximum atomic E-state index is 13.2. The van der Waals surface area contributed by atoms with E-state index in [1.165, 1.54) is 37.8 Å². The van der Waals surface area contributed by atoms with Crippen LogP contribution < -0.4 is 5.73 Å². The molecule has 20 heavy (non-hydrogen) atoms. The minimum atomic E-state index is -0.218. The summed E-state index contributed by atoms with van der Waals surface area (Å²) in [4.78, 5) is 2.44. The molecule has 1 aromatic rings.